The number of nitriles is 1. The number of halogens is 2. The highest BCUT2D eigenvalue weighted by Crippen LogP contribution is 2.34. The van der Waals surface area contributed by atoms with E-state index in [0.29, 0.717) is 48.7 Å². The molecule has 2 heterocycles. The molecule has 2 N–H and O–H groups in total. The quantitative estimate of drug-likeness (QED) is 0.603. The number of nitrogens with zero attached hydrogens (tertiary/aromatic N) is 5. The largest absolute Gasteiger partial charge is 0.471 e. The van der Waals surface area contributed by atoms with Crippen molar-refractivity contribution in [3.05, 3.63) is 35.5 Å². The van der Waals surface area contributed by atoms with E-state index in [2.05, 4.69) is 31.3 Å². The molecular formula is C22H28F2N6O2. The van der Waals surface area contributed by atoms with Crippen molar-refractivity contribution in [2.45, 2.75) is 63.9 Å². The van der Waals surface area contributed by atoms with Gasteiger partial charge in [-0.15, -0.1) is 0 Å². The Bertz CT molecular complexity index is 958. The van der Waals surface area contributed by atoms with Crippen molar-refractivity contribution in [3.63, 3.8) is 0 Å². The normalized spacial score (nSPS) is 21.1. The number of anilines is 1. The standard InChI is InChI=1S/C22H28F2N6O2/c1-21(31)6-3-4-15(10-21)8-18-16(11-25)12-27-20(30-18)26-7-5-17-9-19(29-14-28-17)32-13-22(2,23)24/h9,12,14-15,31H,3-8,10,13H2,1-2H3,(H,26,27,30)/t15-,21-/m1/s1. The Hall–Kier alpha value is -2.93. The Kier molecular flexibility index (Phi) is 7.51. The highest BCUT2D eigenvalue weighted by Gasteiger charge is 2.30. The van der Waals surface area contributed by atoms with Crippen molar-refractivity contribution < 1.29 is 18.6 Å². The van der Waals surface area contributed by atoms with Gasteiger partial charge in [-0.3, -0.25) is 0 Å². The smallest absolute Gasteiger partial charge is 0.278 e. The van der Waals surface area contributed by atoms with E-state index < -0.39 is 18.1 Å². The van der Waals surface area contributed by atoms with Gasteiger partial charge in [-0.2, -0.15) is 5.26 Å². The number of rotatable bonds is 9. The monoisotopic (exact) mass is 446 g/mol. The lowest BCUT2D eigenvalue weighted by atomic mass is 9.77. The minimum absolute atomic E-state index is 0.0943. The maximum atomic E-state index is 12.9. The van der Waals surface area contributed by atoms with Gasteiger partial charge in [0.2, 0.25) is 11.8 Å². The zero-order valence-corrected chi connectivity index (χ0v) is 18.3. The number of aliphatic hydroxyl groups is 1. The molecule has 0 unspecified atom stereocenters. The fraction of sp³-hybridized carbons (Fsp3) is 0.591. The Morgan fingerprint density at radius 2 is 2.19 bits per heavy atom. The molecule has 0 radical (unpaired) electrons. The van der Waals surface area contributed by atoms with Gasteiger partial charge in [0.05, 0.1) is 23.1 Å². The maximum absolute atomic E-state index is 12.9. The van der Waals surface area contributed by atoms with Gasteiger partial charge in [-0.05, 0) is 38.5 Å². The highest BCUT2D eigenvalue weighted by molar-refractivity contribution is 5.37. The van der Waals surface area contributed by atoms with Gasteiger partial charge >= 0.3 is 0 Å². The van der Waals surface area contributed by atoms with E-state index in [9.17, 15) is 19.1 Å². The first kappa shape index (κ1) is 23.7. The number of aromatic nitrogens is 4. The van der Waals surface area contributed by atoms with Gasteiger partial charge < -0.3 is 15.2 Å². The zero-order chi connectivity index (χ0) is 23.2. The number of hydrogen-bond donors (Lipinski definition) is 2. The van der Waals surface area contributed by atoms with Crippen LogP contribution in [0.15, 0.2) is 18.6 Å². The van der Waals surface area contributed by atoms with E-state index in [-0.39, 0.29) is 11.8 Å². The minimum Gasteiger partial charge on any atom is -0.471 e. The summed E-state index contributed by atoms with van der Waals surface area (Å²) >= 11 is 0. The fourth-order valence-electron chi connectivity index (χ4n) is 3.89. The molecule has 10 heteroatoms. The van der Waals surface area contributed by atoms with E-state index in [1.54, 1.807) is 0 Å². The van der Waals surface area contributed by atoms with Gasteiger partial charge in [0, 0.05) is 31.6 Å². The lowest BCUT2D eigenvalue weighted by molar-refractivity contribution is -0.0243. The molecule has 2 aromatic rings. The molecule has 0 aliphatic heterocycles. The molecule has 8 nitrogen and oxygen atoms in total. The number of ether oxygens (including phenoxy) is 1. The predicted octanol–water partition coefficient (Wildman–Crippen LogP) is 3.31. The lowest BCUT2D eigenvalue weighted by Crippen LogP contribution is -2.32. The highest BCUT2D eigenvalue weighted by atomic mass is 19.3. The van der Waals surface area contributed by atoms with Crippen LogP contribution in [0, 0.1) is 17.2 Å². The molecular weight excluding hydrogens is 418 g/mol. The van der Waals surface area contributed by atoms with E-state index in [1.165, 1.54) is 18.6 Å². The molecule has 1 fully saturated rings. The van der Waals surface area contributed by atoms with Crippen LogP contribution < -0.4 is 10.1 Å². The second-order valence-electron chi connectivity index (χ2n) is 8.71. The Balaban J connectivity index is 1.58. The number of alkyl halides is 2. The molecule has 1 aliphatic rings. The summed E-state index contributed by atoms with van der Waals surface area (Å²) in [6.07, 6.45) is 7.30. The summed E-state index contributed by atoms with van der Waals surface area (Å²) in [5.74, 6) is -2.18. The summed E-state index contributed by atoms with van der Waals surface area (Å²) in [6, 6.07) is 3.67. The van der Waals surface area contributed by atoms with Crippen LogP contribution in [0.1, 0.15) is 56.5 Å². The minimum atomic E-state index is -2.94. The molecule has 0 saturated heterocycles. The zero-order valence-electron chi connectivity index (χ0n) is 18.3. The van der Waals surface area contributed by atoms with E-state index in [4.69, 9.17) is 4.74 Å². The molecule has 1 saturated carbocycles. The van der Waals surface area contributed by atoms with Crippen LogP contribution in [-0.2, 0) is 12.8 Å². The van der Waals surface area contributed by atoms with Crippen molar-refractivity contribution in [2.75, 3.05) is 18.5 Å². The van der Waals surface area contributed by atoms with Gasteiger partial charge in [0.1, 0.15) is 12.4 Å². The maximum Gasteiger partial charge on any atom is 0.278 e. The van der Waals surface area contributed by atoms with E-state index in [1.807, 2.05) is 6.92 Å². The van der Waals surface area contributed by atoms with Crippen molar-refractivity contribution >= 4 is 5.95 Å². The first-order valence-corrected chi connectivity index (χ1v) is 10.7. The topological polar surface area (TPSA) is 117 Å². The summed E-state index contributed by atoms with van der Waals surface area (Å²) < 4.78 is 30.9. The van der Waals surface area contributed by atoms with Crippen LogP contribution >= 0.6 is 0 Å². The predicted molar refractivity (Wildman–Crippen MR) is 113 cm³/mol. The van der Waals surface area contributed by atoms with Crippen molar-refractivity contribution in [1.82, 2.24) is 19.9 Å². The van der Waals surface area contributed by atoms with Crippen LogP contribution in [-0.4, -0.2) is 49.7 Å². The molecule has 1 aliphatic carbocycles. The molecule has 0 spiro atoms. The summed E-state index contributed by atoms with van der Waals surface area (Å²) in [4.78, 5) is 16.7. The second kappa shape index (κ2) is 10.1. The molecule has 2 aromatic heterocycles. The summed E-state index contributed by atoms with van der Waals surface area (Å²) in [5.41, 5.74) is 1.06. The molecule has 0 amide bonds. The average Bonchev–Trinajstić information content (AvgIpc) is 2.72. The van der Waals surface area contributed by atoms with Crippen LogP contribution in [0.4, 0.5) is 14.7 Å². The molecule has 172 valence electrons. The molecule has 0 bridgehead atoms. The third-order valence-corrected chi connectivity index (χ3v) is 5.36. The molecule has 2 atom stereocenters. The average molecular weight is 447 g/mol. The van der Waals surface area contributed by atoms with Gasteiger partial charge in [-0.25, -0.2) is 28.7 Å². The number of nitrogens with one attached hydrogen (secondary N) is 1. The van der Waals surface area contributed by atoms with Gasteiger partial charge in [0.25, 0.3) is 5.92 Å². The third-order valence-electron chi connectivity index (χ3n) is 5.36. The second-order valence-corrected chi connectivity index (χ2v) is 8.71. The Labute approximate surface area is 186 Å². The Morgan fingerprint density at radius 1 is 1.38 bits per heavy atom. The Morgan fingerprint density at radius 3 is 2.91 bits per heavy atom. The van der Waals surface area contributed by atoms with Crippen LogP contribution in [0.25, 0.3) is 0 Å². The summed E-state index contributed by atoms with van der Waals surface area (Å²) in [5, 5.41) is 22.9. The first-order chi connectivity index (χ1) is 15.1. The molecule has 0 aromatic carbocycles. The van der Waals surface area contributed by atoms with Gasteiger partial charge in [0.15, 0.2) is 6.61 Å². The summed E-state index contributed by atoms with van der Waals surface area (Å²) in [7, 11) is 0. The van der Waals surface area contributed by atoms with Crippen molar-refractivity contribution in [2.24, 2.45) is 5.92 Å². The molecule has 32 heavy (non-hydrogen) atoms. The molecule has 3 rings (SSSR count). The lowest BCUT2D eigenvalue weighted by Gasteiger charge is -2.33. The summed E-state index contributed by atoms with van der Waals surface area (Å²) in [6.45, 7) is 2.33. The van der Waals surface area contributed by atoms with Crippen molar-refractivity contribution in [1.29, 1.82) is 5.26 Å². The van der Waals surface area contributed by atoms with Crippen molar-refractivity contribution in [3.8, 4) is 11.9 Å². The fourth-order valence-corrected chi connectivity index (χ4v) is 3.89. The van der Waals surface area contributed by atoms with E-state index in [0.717, 1.165) is 26.2 Å². The third kappa shape index (κ3) is 7.34. The first-order valence-electron chi connectivity index (χ1n) is 10.7. The van der Waals surface area contributed by atoms with Gasteiger partial charge in [-0.1, -0.05) is 6.42 Å². The van der Waals surface area contributed by atoms with E-state index >= 15 is 0 Å². The van der Waals surface area contributed by atoms with Crippen LogP contribution in [0.3, 0.4) is 0 Å². The SMILES string of the molecule is CC(F)(F)COc1cc(CCNc2ncc(C#N)c(C[C@H]3CCC[C@@](C)(O)C3)n2)ncn1. The van der Waals surface area contributed by atoms with Crippen LogP contribution in [0.2, 0.25) is 0 Å². The number of hydrogen-bond acceptors (Lipinski definition) is 8. The van der Waals surface area contributed by atoms with Crippen LogP contribution in [0.5, 0.6) is 5.88 Å².